The predicted molar refractivity (Wildman–Crippen MR) is 284 cm³/mol. The number of aromatic amines is 1. The highest BCUT2D eigenvalue weighted by Crippen LogP contribution is 2.41. The number of unbranched alkanes of at least 4 members (excludes halogenated alkanes) is 1. The summed E-state index contributed by atoms with van der Waals surface area (Å²) < 4.78 is 81.7. The number of H-pyrrole nitrogens is 1. The van der Waals surface area contributed by atoms with Gasteiger partial charge in [0.15, 0.2) is 5.82 Å². The maximum absolute atomic E-state index is 16.9. The fraction of sp³-hybridized carbons (Fsp3) is 0.491. The molecule has 23 heteroatoms. The number of anilines is 1. The van der Waals surface area contributed by atoms with E-state index in [1.54, 1.807) is 31.2 Å². The van der Waals surface area contributed by atoms with E-state index in [0.717, 1.165) is 34.5 Å². The number of β-amino-alcohol motifs (C(OH)–C–C–N with tert-alkyl or cyclic N) is 1. The number of hydrogen-bond donors (Lipinski definition) is 5. The Kier molecular flexibility index (Phi) is 15.3. The molecule has 0 saturated carbocycles. The van der Waals surface area contributed by atoms with Crippen LogP contribution >= 0.6 is 11.3 Å². The number of piperazine rings is 1. The molecule has 0 spiro atoms. The van der Waals surface area contributed by atoms with Crippen LogP contribution in [0.5, 0.6) is 6.01 Å². The minimum Gasteiger partial charge on any atom is -0.462 e. The number of aliphatic hydroxyl groups is 1. The van der Waals surface area contributed by atoms with Crippen molar-refractivity contribution in [2.75, 3.05) is 44.2 Å². The highest BCUT2D eigenvalue weighted by Gasteiger charge is 2.54. The normalized spacial score (nSPS) is 22.4. The summed E-state index contributed by atoms with van der Waals surface area (Å²) in [6, 6.07) is 9.26. The molecular formula is C55H62F5N11O6S. The minimum absolute atomic E-state index is 0.0148. The summed E-state index contributed by atoms with van der Waals surface area (Å²) in [7, 11) is 0. The molecule has 3 amide bonds. The number of nitrogens with one attached hydrogen (secondary N) is 4. The molecule has 5 N–H and O–H groups in total. The Balaban J connectivity index is 0.790. The van der Waals surface area contributed by atoms with Crippen LogP contribution in [-0.4, -0.2) is 139 Å². The topological polar surface area (TPSA) is 211 Å². The molecule has 2 bridgehead atoms. The summed E-state index contributed by atoms with van der Waals surface area (Å²) >= 11 is 1.54. The molecule has 0 aliphatic carbocycles. The standard InChI is InChI=1S/C55H62F5N11O6S/c1-28(30-12-14-31(15-13-30)48-29(2)62-27-78-48)63-51(75)39-20-35(72)24-71(39)52(76)49(54(3,4)5)66-41(73)11-6-7-18-69-25-37(55(58,59)60)40(69)26-77-53-67-45-36(50(68-53)70-22-33-16-17-34(23-70)64-33)21-61-47(44(45)57)46-43-32(19-42(74)65-46)9-8-10-38(43)56/h8-10,12-15,19,21,27-28,33-35,37,39-40,49,64,72H,6-7,11,16-18,20,22-26H2,1-5H3,(H,63,75)(H,65,74)(H,66,73)/t28-,33?,34?,35+,37+,39-,40+,49+/m0/s1. The first-order valence-corrected chi connectivity index (χ1v) is 27.2. The van der Waals surface area contributed by atoms with Crippen molar-refractivity contribution in [2.45, 2.75) is 122 Å². The molecule has 10 rings (SSSR count). The maximum Gasteiger partial charge on any atom is 0.394 e. The lowest BCUT2D eigenvalue weighted by molar-refractivity contribution is -0.234. The van der Waals surface area contributed by atoms with Crippen LogP contribution in [0.15, 0.2) is 65.0 Å². The van der Waals surface area contributed by atoms with E-state index >= 15 is 8.78 Å². The lowest BCUT2D eigenvalue weighted by atomic mass is 9.85. The zero-order chi connectivity index (χ0) is 55.4. The number of likely N-dealkylation sites (tertiary alicyclic amines) is 2. The number of aliphatic hydroxyl groups excluding tert-OH is 1. The van der Waals surface area contributed by atoms with Crippen molar-refractivity contribution in [2.24, 2.45) is 11.3 Å². The number of thiazole rings is 1. The second-order valence-electron chi connectivity index (χ2n) is 22.1. The second-order valence-corrected chi connectivity index (χ2v) is 23.0. The molecule has 4 fully saturated rings. The Morgan fingerprint density at radius 3 is 2.40 bits per heavy atom. The smallest absolute Gasteiger partial charge is 0.394 e. The summed E-state index contributed by atoms with van der Waals surface area (Å²) in [5.74, 6) is -4.66. The van der Waals surface area contributed by atoms with Crippen LogP contribution in [-0.2, 0) is 14.4 Å². The second kappa shape index (κ2) is 21.9. The third kappa shape index (κ3) is 11.3. The van der Waals surface area contributed by atoms with Gasteiger partial charge in [0.1, 0.15) is 41.5 Å². The molecule has 8 heterocycles. The molecule has 4 aliphatic rings. The molecule has 0 radical (unpaired) electrons. The van der Waals surface area contributed by atoms with Crippen molar-refractivity contribution in [3.05, 3.63) is 93.5 Å². The van der Waals surface area contributed by atoms with Crippen molar-refractivity contribution in [1.29, 1.82) is 0 Å². The van der Waals surface area contributed by atoms with Gasteiger partial charge in [-0.15, -0.1) is 11.3 Å². The highest BCUT2D eigenvalue weighted by atomic mass is 32.1. The van der Waals surface area contributed by atoms with Crippen LogP contribution in [0, 0.1) is 29.9 Å². The van der Waals surface area contributed by atoms with Gasteiger partial charge < -0.3 is 40.6 Å². The van der Waals surface area contributed by atoms with Crippen molar-refractivity contribution in [1.82, 2.24) is 50.7 Å². The third-order valence-corrected chi connectivity index (χ3v) is 16.5. The molecule has 4 aromatic heterocycles. The summed E-state index contributed by atoms with van der Waals surface area (Å²) in [5, 5.41) is 20.5. The monoisotopic (exact) mass is 1100 g/mol. The van der Waals surface area contributed by atoms with Crippen molar-refractivity contribution in [3.63, 3.8) is 0 Å². The Morgan fingerprint density at radius 2 is 1.71 bits per heavy atom. The molecule has 4 aliphatic heterocycles. The van der Waals surface area contributed by atoms with Gasteiger partial charge in [0, 0.05) is 68.8 Å². The average molecular weight is 1100 g/mol. The number of aryl methyl sites for hydroxylation is 1. The minimum atomic E-state index is -4.58. The lowest BCUT2D eigenvalue weighted by Gasteiger charge is -2.48. The number of alkyl halides is 3. The van der Waals surface area contributed by atoms with E-state index in [1.165, 1.54) is 46.7 Å². The van der Waals surface area contributed by atoms with Gasteiger partial charge in [-0.3, -0.25) is 29.1 Å². The molecule has 414 valence electrons. The summed E-state index contributed by atoms with van der Waals surface area (Å²) in [6.45, 7) is 9.34. The quantitative estimate of drug-likeness (QED) is 0.0491. The van der Waals surface area contributed by atoms with Gasteiger partial charge in [-0.05, 0) is 74.1 Å². The van der Waals surface area contributed by atoms with Crippen LogP contribution in [0.4, 0.5) is 27.8 Å². The molecule has 2 aromatic carbocycles. The Hall–Kier alpha value is -6.69. The fourth-order valence-corrected chi connectivity index (χ4v) is 12.2. The van der Waals surface area contributed by atoms with Crippen LogP contribution < -0.4 is 31.1 Å². The Morgan fingerprint density at radius 1 is 0.962 bits per heavy atom. The molecular weight excluding hydrogens is 1040 g/mol. The third-order valence-electron chi connectivity index (χ3n) is 15.6. The Labute approximate surface area is 450 Å². The number of pyridine rings is 2. The number of amides is 3. The van der Waals surface area contributed by atoms with Gasteiger partial charge in [0.05, 0.1) is 51.3 Å². The number of aromatic nitrogens is 5. The number of carbonyl (C=O) groups excluding carboxylic acids is 3. The van der Waals surface area contributed by atoms with Crippen LogP contribution in [0.1, 0.15) is 83.5 Å². The Bertz CT molecular complexity index is 3290. The summed E-state index contributed by atoms with van der Waals surface area (Å²) in [4.78, 5) is 80.5. The molecule has 17 nitrogen and oxygen atoms in total. The van der Waals surface area contributed by atoms with E-state index in [-0.39, 0.29) is 90.2 Å². The summed E-state index contributed by atoms with van der Waals surface area (Å²) in [6.07, 6.45) is -1.85. The number of hydrogen-bond acceptors (Lipinski definition) is 14. The number of fused-ring (bicyclic) bond motifs is 4. The molecule has 6 aromatic rings. The van der Waals surface area contributed by atoms with Crippen molar-refractivity contribution in [3.8, 4) is 27.8 Å². The van der Waals surface area contributed by atoms with E-state index in [4.69, 9.17) is 4.74 Å². The van der Waals surface area contributed by atoms with Gasteiger partial charge in [-0.25, -0.2) is 13.8 Å². The largest absolute Gasteiger partial charge is 0.462 e. The zero-order valence-electron chi connectivity index (χ0n) is 43.8. The first-order chi connectivity index (χ1) is 37.1. The van der Waals surface area contributed by atoms with E-state index < -0.39 is 95.0 Å². The van der Waals surface area contributed by atoms with Crippen LogP contribution in [0.2, 0.25) is 0 Å². The van der Waals surface area contributed by atoms with Gasteiger partial charge in [-0.1, -0.05) is 57.2 Å². The van der Waals surface area contributed by atoms with Crippen molar-refractivity contribution >= 4 is 56.6 Å². The van der Waals surface area contributed by atoms with Gasteiger partial charge in [0.2, 0.25) is 23.3 Å². The molecule has 78 heavy (non-hydrogen) atoms. The maximum atomic E-state index is 16.9. The highest BCUT2D eigenvalue weighted by molar-refractivity contribution is 7.13. The van der Waals surface area contributed by atoms with E-state index in [1.807, 2.05) is 43.0 Å². The number of benzene rings is 2. The van der Waals surface area contributed by atoms with Crippen LogP contribution in [0.25, 0.3) is 43.5 Å². The van der Waals surface area contributed by atoms with E-state index in [2.05, 4.69) is 40.9 Å². The number of rotatable bonds is 16. The number of ether oxygens (including phenoxy) is 1. The van der Waals surface area contributed by atoms with Crippen LogP contribution in [0.3, 0.4) is 0 Å². The summed E-state index contributed by atoms with van der Waals surface area (Å²) in [5.41, 5.74) is 2.25. The SMILES string of the molecule is Cc1ncsc1-c1ccc([C@H](C)NC(=O)[C@@H]2C[C@@H](O)CN2C(=O)[C@@H](NC(=O)CCCCN2C[C@@H](C(F)(F)F)[C@H]2COc2nc(N3CC4CCC(C3)N4)c3cnc(-c4[nH]c(=O)cc5cccc(F)c45)c(F)c3n2)C(C)(C)C)cc1. The van der Waals surface area contributed by atoms with Gasteiger partial charge >= 0.3 is 12.2 Å². The number of carbonyl (C=O) groups is 3. The molecule has 8 atom stereocenters. The first kappa shape index (κ1) is 54.7. The first-order valence-electron chi connectivity index (χ1n) is 26.3. The molecule has 4 saturated heterocycles. The zero-order valence-corrected chi connectivity index (χ0v) is 44.6. The van der Waals surface area contributed by atoms with Gasteiger partial charge in [0.25, 0.3) is 0 Å². The lowest BCUT2D eigenvalue weighted by Crippen LogP contribution is -2.63. The van der Waals surface area contributed by atoms with Gasteiger partial charge in [-0.2, -0.15) is 23.1 Å². The van der Waals surface area contributed by atoms with E-state index in [9.17, 15) is 37.5 Å². The number of halogens is 5. The predicted octanol–water partition coefficient (Wildman–Crippen LogP) is 6.97. The van der Waals surface area contributed by atoms with E-state index in [0.29, 0.717) is 19.5 Å². The average Bonchev–Trinajstić information content (AvgIpc) is 4.18. The molecule has 2 unspecified atom stereocenters. The fourth-order valence-electron chi connectivity index (χ4n) is 11.4. The van der Waals surface area contributed by atoms with Crippen molar-refractivity contribution < 1.29 is 46.2 Å². The number of nitrogens with zero attached hydrogens (tertiary/aromatic N) is 7.